The van der Waals surface area contributed by atoms with Gasteiger partial charge in [-0.3, -0.25) is 4.79 Å². The van der Waals surface area contributed by atoms with Crippen LogP contribution in [0.3, 0.4) is 0 Å². The van der Waals surface area contributed by atoms with Crippen molar-refractivity contribution in [1.82, 2.24) is 19.7 Å². The largest absolute Gasteiger partial charge is 0.480 e. The molecular formula is C12H14N4O2. The summed E-state index contributed by atoms with van der Waals surface area (Å²) in [6, 6.07) is 3.24. The molecule has 2 heterocycles. The third-order valence-corrected chi connectivity index (χ3v) is 2.63. The lowest BCUT2D eigenvalue weighted by Gasteiger charge is -2.02. The van der Waals surface area contributed by atoms with Crippen LogP contribution in [0, 0.1) is 0 Å². The van der Waals surface area contributed by atoms with Crippen molar-refractivity contribution in [3.8, 4) is 5.88 Å². The van der Waals surface area contributed by atoms with Gasteiger partial charge in [0.15, 0.2) is 5.78 Å². The number of hydrogen-bond acceptors (Lipinski definition) is 5. The molecule has 0 saturated carbocycles. The molecule has 2 aromatic rings. The maximum absolute atomic E-state index is 11.9. The van der Waals surface area contributed by atoms with Crippen molar-refractivity contribution in [2.24, 2.45) is 7.05 Å². The highest BCUT2D eigenvalue weighted by atomic mass is 16.5. The highest BCUT2D eigenvalue weighted by Crippen LogP contribution is 2.07. The molecule has 6 heteroatoms. The van der Waals surface area contributed by atoms with Gasteiger partial charge < -0.3 is 9.30 Å². The van der Waals surface area contributed by atoms with E-state index >= 15 is 0 Å². The zero-order valence-electron chi connectivity index (χ0n) is 10.3. The number of nitrogens with zero attached hydrogens (tertiary/aromatic N) is 4. The molecule has 0 spiro atoms. The van der Waals surface area contributed by atoms with E-state index in [1.807, 2.05) is 17.8 Å². The number of rotatable bonds is 5. The number of ketones is 1. The number of hydrogen-bond donors (Lipinski definition) is 0. The summed E-state index contributed by atoms with van der Waals surface area (Å²) in [6.45, 7) is 0. The fourth-order valence-corrected chi connectivity index (χ4v) is 1.57. The Morgan fingerprint density at radius 1 is 1.39 bits per heavy atom. The Morgan fingerprint density at radius 2 is 2.22 bits per heavy atom. The van der Waals surface area contributed by atoms with Gasteiger partial charge in [-0.05, 0) is 6.07 Å². The first kappa shape index (κ1) is 12.2. The van der Waals surface area contributed by atoms with Crippen LogP contribution in [0.2, 0.25) is 0 Å². The van der Waals surface area contributed by atoms with E-state index in [0.717, 1.165) is 5.82 Å². The quantitative estimate of drug-likeness (QED) is 0.737. The molecule has 6 nitrogen and oxygen atoms in total. The number of carbonyl (C=O) groups excluding carboxylic acids is 1. The van der Waals surface area contributed by atoms with E-state index in [2.05, 4.69) is 15.2 Å². The fraction of sp³-hybridized carbons (Fsp3) is 0.333. The van der Waals surface area contributed by atoms with Crippen LogP contribution in [0.5, 0.6) is 5.88 Å². The lowest BCUT2D eigenvalue weighted by atomic mass is 10.1. The molecule has 0 aliphatic rings. The van der Waals surface area contributed by atoms with E-state index < -0.39 is 0 Å². The molecule has 94 valence electrons. The number of aromatic nitrogens is 4. The molecule has 0 aliphatic heterocycles. The Balaban J connectivity index is 1.97. The van der Waals surface area contributed by atoms with Crippen molar-refractivity contribution >= 4 is 5.78 Å². The van der Waals surface area contributed by atoms with E-state index in [-0.39, 0.29) is 5.78 Å². The van der Waals surface area contributed by atoms with Crippen molar-refractivity contribution in [2.75, 3.05) is 7.11 Å². The summed E-state index contributed by atoms with van der Waals surface area (Å²) in [5.41, 5.74) is 0.352. The minimum atomic E-state index is -0.0480. The molecule has 18 heavy (non-hydrogen) atoms. The first-order chi connectivity index (χ1) is 8.70. The molecule has 2 rings (SSSR count). The van der Waals surface area contributed by atoms with Crippen LogP contribution in [0.4, 0.5) is 0 Å². The first-order valence-electron chi connectivity index (χ1n) is 5.58. The van der Waals surface area contributed by atoms with Gasteiger partial charge in [0, 0.05) is 38.3 Å². The highest BCUT2D eigenvalue weighted by Gasteiger charge is 2.10. The van der Waals surface area contributed by atoms with Gasteiger partial charge in [-0.1, -0.05) is 0 Å². The minimum Gasteiger partial charge on any atom is -0.480 e. The topological polar surface area (TPSA) is 69.9 Å². The van der Waals surface area contributed by atoms with Gasteiger partial charge in [-0.15, -0.1) is 10.2 Å². The molecule has 0 saturated heterocycles. The third-order valence-electron chi connectivity index (χ3n) is 2.63. The Morgan fingerprint density at radius 3 is 2.78 bits per heavy atom. The van der Waals surface area contributed by atoms with Crippen molar-refractivity contribution in [2.45, 2.75) is 12.8 Å². The van der Waals surface area contributed by atoms with Crippen molar-refractivity contribution in [1.29, 1.82) is 0 Å². The predicted octanol–water partition coefficient (Wildman–Crippen LogP) is 1.03. The summed E-state index contributed by atoms with van der Waals surface area (Å²) < 4.78 is 6.78. The zero-order chi connectivity index (χ0) is 13.0. The minimum absolute atomic E-state index is 0.0480. The SMILES string of the molecule is COc1ccc(C(=O)CCc2nccn2C)nn1. The van der Waals surface area contributed by atoms with Gasteiger partial charge in [0.25, 0.3) is 0 Å². The van der Waals surface area contributed by atoms with E-state index in [1.165, 1.54) is 7.11 Å². The van der Waals surface area contributed by atoms with E-state index in [1.54, 1.807) is 18.3 Å². The monoisotopic (exact) mass is 246 g/mol. The average Bonchev–Trinajstić information content (AvgIpc) is 2.81. The molecule has 0 atom stereocenters. The third kappa shape index (κ3) is 2.71. The number of carbonyl (C=O) groups is 1. The molecule has 0 bridgehead atoms. The van der Waals surface area contributed by atoms with Crippen LogP contribution in [0.1, 0.15) is 22.7 Å². The highest BCUT2D eigenvalue weighted by molar-refractivity contribution is 5.94. The van der Waals surface area contributed by atoms with Gasteiger partial charge >= 0.3 is 0 Å². The van der Waals surface area contributed by atoms with Crippen molar-refractivity contribution < 1.29 is 9.53 Å². The second kappa shape index (κ2) is 5.39. The van der Waals surface area contributed by atoms with Gasteiger partial charge in [0.1, 0.15) is 11.5 Å². The second-order valence-electron chi connectivity index (χ2n) is 3.84. The summed E-state index contributed by atoms with van der Waals surface area (Å²) >= 11 is 0. The van der Waals surface area contributed by atoms with Crippen LogP contribution in [-0.4, -0.2) is 32.6 Å². The number of ether oxygens (including phenoxy) is 1. The molecule has 0 unspecified atom stereocenters. The molecule has 0 fully saturated rings. The molecule has 2 aromatic heterocycles. The molecular weight excluding hydrogens is 232 g/mol. The summed E-state index contributed by atoms with van der Waals surface area (Å²) in [5, 5.41) is 7.59. The predicted molar refractivity (Wildman–Crippen MR) is 64.4 cm³/mol. The van der Waals surface area contributed by atoms with Crippen LogP contribution in [-0.2, 0) is 13.5 Å². The van der Waals surface area contributed by atoms with E-state index in [9.17, 15) is 4.79 Å². The molecule has 0 aliphatic carbocycles. The summed E-state index contributed by atoms with van der Waals surface area (Å²) in [5.74, 6) is 1.23. The van der Waals surface area contributed by atoms with Gasteiger partial charge in [0.2, 0.25) is 5.88 Å². The van der Waals surface area contributed by atoms with Gasteiger partial charge in [-0.2, -0.15) is 0 Å². The standard InChI is InChI=1S/C12H14N4O2/c1-16-8-7-13-11(16)5-4-10(17)9-3-6-12(18-2)15-14-9/h3,6-8H,4-5H2,1-2H3. The number of Topliss-reactive ketones (excluding diaryl/α,β-unsaturated/α-hetero) is 1. The van der Waals surface area contributed by atoms with Crippen molar-refractivity contribution in [3.63, 3.8) is 0 Å². The Hall–Kier alpha value is -2.24. The van der Waals surface area contributed by atoms with E-state index in [4.69, 9.17) is 4.74 Å². The van der Waals surface area contributed by atoms with E-state index in [0.29, 0.717) is 24.4 Å². The summed E-state index contributed by atoms with van der Waals surface area (Å²) in [4.78, 5) is 16.0. The summed E-state index contributed by atoms with van der Waals surface area (Å²) in [6.07, 6.45) is 4.53. The second-order valence-corrected chi connectivity index (χ2v) is 3.84. The first-order valence-corrected chi connectivity index (χ1v) is 5.58. The van der Waals surface area contributed by atoms with Crippen LogP contribution >= 0.6 is 0 Å². The Bertz CT molecular complexity index is 533. The maximum Gasteiger partial charge on any atom is 0.233 e. The molecule has 0 aromatic carbocycles. The molecule has 0 N–H and O–H groups in total. The van der Waals surface area contributed by atoms with Gasteiger partial charge in [-0.25, -0.2) is 4.98 Å². The number of aryl methyl sites for hydroxylation is 2. The number of methoxy groups -OCH3 is 1. The smallest absolute Gasteiger partial charge is 0.233 e. The maximum atomic E-state index is 11.9. The number of imidazole rings is 1. The average molecular weight is 246 g/mol. The summed E-state index contributed by atoms with van der Waals surface area (Å²) in [7, 11) is 3.41. The van der Waals surface area contributed by atoms with Crippen molar-refractivity contribution in [3.05, 3.63) is 36.0 Å². The van der Waals surface area contributed by atoms with Crippen LogP contribution in [0.25, 0.3) is 0 Å². The molecule has 0 amide bonds. The lowest BCUT2D eigenvalue weighted by molar-refractivity contribution is 0.0976. The fourth-order valence-electron chi connectivity index (χ4n) is 1.57. The van der Waals surface area contributed by atoms with Gasteiger partial charge in [0.05, 0.1) is 7.11 Å². The normalized spacial score (nSPS) is 10.3. The lowest BCUT2D eigenvalue weighted by Crippen LogP contribution is -2.07. The van der Waals surface area contributed by atoms with Crippen LogP contribution < -0.4 is 4.74 Å². The van der Waals surface area contributed by atoms with Crippen LogP contribution in [0.15, 0.2) is 24.5 Å². The Kier molecular flexibility index (Phi) is 3.66. The zero-order valence-corrected chi connectivity index (χ0v) is 10.3. The Labute approximate surface area is 105 Å². The molecule has 0 radical (unpaired) electrons.